The predicted molar refractivity (Wildman–Crippen MR) is 136 cm³/mol. The lowest BCUT2D eigenvalue weighted by Crippen LogP contribution is -2.24. The van der Waals surface area contributed by atoms with Crippen molar-refractivity contribution in [1.29, 1.82) is 0 Å². The van der Waals surface area contributed by atoms with Gasteiger partial charge in [-0.05, 0) is 67.5 Å². The summed E-state index contributed by atoms with van der Waals surface area (Å²) in [4.78, 5) is 24.5. The van der Waals surface area contributed by atoms with E-state index in [2.05, 4.69) is 6.92 Å². The number of nitrogen functional groups attached to an aromatic ring is 2. The Morgan fingerprint density at radius 2 is 1.74 bits per heavy atom. The van der Waals surface area contributed by atoms with Gasteiger partial charge in [0.1, 0.15) is 12.7 Å². The fourth-order valence-electron chi connectivity index (χ4n) is 4.28. The maximum absolute atomic E-state index is 12.5. The van der Waals surface area contributed by atoms with Gasteiger partial charge in [0.25, 0.3) is 0 Å². The van der Waals surface area contributed by atoms with Gasteiger partial charge in [0.05, 0.1) is 5.56 Å². The third-order valence-corrected chi connectivity index (χ3v) is 6.38. The van der Waals surface area contributed by atoms with E-state index < -0.39 is 5.97 Å². The summed E-state index contributed by atoms with van der Waals surface area (Å²) in [6.45, 7) is 2.30. The first-order valence-electron chi connectivity index (χ1n) is 12.2. The molecule has 2 aromatic rings. The topological polar surface area (TPSA) is 105 Å². The van der Waals surface area contributed by atoms with E-state index in [1.165, 1.54) is 31.8 Å². The number of hydrogen-bond donors (Lipinski definition) is 2. The van der Waals surface area contributed by atoms with Crippen LogP contribution in [0.5, 0.6) is 0 Å². The SMILES string of the molecule is CCCCCC1CCC(OC(=O)c2ccc(C=CC(=O)OCc3ccc(N)cc3N)cc2)CC1. The van der Waals surface area contributed by atoms with E-state index in [-0.39, 0.29) is 18.7 Å². The van der Waals surface area contributed by atoms with Crippen molar-refractivity contribution in [3.05, 3.63) is 65.2 Å². The van der Waals surface area contributed by atoms with Gasteiger partial charge < -0.3 is 20.9 Å². The van der Waals surface area contributed by atoms with Crippen molar-refractivity contribution in [2.24, 2.45) is 5.92 Å². The van der Waals surface area contributed by atoms with Crippen LogP contribution in [0.1, 0.15) is 79.8 Å². The van der Waals surface area contributed by atoms with Crippen molar-refractivity contribution in [3.8, 4) is 0 Å². The summed E-state index contributed by atoms with van der Waals surface area (Å²) in [6.07, 6.45) is 12.4. The zero-order chi connectivity index (χ0) is 24.3. The molecule has 1 aliphatic carbocycles. The van der Waals surface area contributed by atoms with Gasteiger partial charge >= 0.3 is 11.9 Å². The van der Waals surface area contributed by atoms with Gasteiger partial charge in [-0.1, -0.05) is 50.8 Å². The summed E-state index contributed by atoms with van der Waals surface area (Å²) in [6, 6.07) is 12.1. The number of ether oxygens (including phenoxy) is 2. The number of benzene rings is 2. The number of hydrogen-bond acceptors (Lipinski definition) is 6. The van der Waals surface area contributed by atoms with Gasteiger partial charge in [0, 0.05) is 23.0 Å². The summed E-state index contributed by atoms with van der Waals surface area (Å²) < 4.78 is 11.0. The van der Waals surface area contributed by atoms with Crippen LogP contribution < -0.4 is 11.5 Å². The molecule has 0 aliphatic heterocycles. The van der Waals surface area contributed by atoms with Crippen LogP contribution in [0, 0.1) is 5.92 Å². The number of anilines is 2. The molecule has 0 spiro atoms. The molecule has 2 aromatic carbocycles. The van der Waals surface area contributed by atoms with E-state index in [1.807, 2.05) is 0 Å². The average molecular weight is 465 g/mol. The Labute approximate surface area is 202 Å². The van der Waals surface area contributed by atoms with E-state index in [0.717, 1.165) is 37.2 Å². The summed E-state index contributed by atoms with van der Waals surface area (Å²) in [5.74, 6) is 0.0126. The number of carbonyl (C=O) groups is 2. The highest BCUT2D eigenvalue weighted by molar-refractivity contribution is 5.90. The van der Waals surface area contributed by atoms with Gasteiger partial charge in [-0.15, -0.1) is 0 Å². The van der Waals surface area contributed by atoms with Crippen molar-refractivity contribution in [3.63, 3.8) is 0 Å². The Morgan fingerprint density at radius 1 is 1.00 bits per heavy atom. The largest absolute Gasteiger partial charge is 0.459 e. The van der Waals surface area contributed by atoms with Gasteiger partial charge in [-0.25, -0.2) is 9.59 Å². The van der Waals surface area contributed by atoms with E-state index >= 15 is 0 Å². The minimum Gasteiger partial charge on any atom is -0.459 e. The van der Waals surface area contributed by atoms with Crippen molar-refractivity contribution in [2.45, 2.75) is 71.0 Å². The zero-order valence-corrected chi connectivity index (χ0v) is 20.0. The van der Waals surface area contributed by atoms with Gasteiger partial charge in [0.2, 0.25) is 0 Å². The first-order valence-corrected chi connectivity index (χ1v) is 12.2. The Morgan fingerprint density at radius 3 is 2.41 bits per heavy atom. The summed E-state index contributed by atoms with van der Waals surface area (Å²) in [7, 11) is 0. The Hall–Kier alpha value is -3.28. The maximum Gasteiger partial charge on any atom is 0.338 e. The number of esters is 2. The van der Waals surface area contributed by atoms with Crippen molar-refractivity contribution in [1.82, 2.24) is 0 Å². The van der Waals surface area contributed by atoms with Crippen LogP contribution in [0.25, 0.3) is 6.08 Å². The van der Waals surface area contributed by atoms with E-state index in [1.54, 1.807) is 48.5 Å². The molecule has 0 bridgehead atoms. The highest BCUT2D eigenvalue weighted by Crippen LogP contribution is 2.30. The number of nitrogens with two attached hydrogens (primary N) is 2. The van der Waals surface area contributed by atoms with Crippen LogP contribution in [0.15, 0.2) is 48.5 Å². The molecule has 3 rings (SSSR count). The standard InChI is InChI=1S/C28H36N2O4/c1-2-3-4-5-20-8-15-25(16-9-20)34-28(32)22-11-6-21(7-12-22)10-17-27(31)33-19-23-13-14-24(29)18-26(23)30/h6-7,10-14,17-18,20,25H,2-5,8-9,15-16,19,29-30H2,1H3. The van der Waals surface area contributed by atoms with E-state index in [9.17, 15) is 9.59 Å². The minimum absolute atomic E-state index is 0.0133. The quantitative estimate of drug-likeness (QED) is 0.196. The molecule has 182 valence electrons. The highest BCUT2D eigenvalue weighted by Gasteiger charge is 2.24. The van der Waals surface area contributed by atoms with E-state index in [0.29, 0.717) is 22.5 Å². The molecule has 1 saturated carbocycles. The van der Waals surface area contributed by atoms with Crippen molar-refractivity contribution >= 4 is 29.4 Å². The first-order chi connectivity index (χ1) is 16.4. The van der Waals surface area contributed by atoms with Crippen molar-refractivity contribution < 1.29 is 19.1 Å². The third kappa shape index (κ3) is 7.94. The molecule has 0 amide bonds. The van der Waals surface area contributed by atoms with Crippen LogP contribution in [0.4, 0.5) is 11.4 Å². The smallest absolute Gasteiger partial charge is 0.338 e. The summed E-state index contributed by atoms with van der Waals surface area (Å²) in [5.41, 5.74) is 14.6. The fourth-order valence-corrected chi connectivity index (χ4v) is 4.28. The molecule has 0 radical (unpaired) electrons. The van der Waals surface area contributed by atoms with Crippen molar-refractivity contribution in [2.75, 3.05) is 11.5 Å². The molecule has 1 aliphatic rings. The Bertz CT molecular complexity index is 976. The molecular formula is C28H36N2O4. The molecule has 0 atom stereocenters. The van der Waals surface area contributed by atoms with Crippen LogP contribution in [-0.4, -0.2) is 18.0 Å². The summed E-state index contributed by atoms with van der Waals surface area (Å²) in [5, 5.41) is 0. The number of carbonyl (C=O) groups excluding carboxylic acids is 2. The maximum atomic E-state index is 12.5. The molecule has 34 heavy (non-hydrogen) atoms. The Kier molecular flexibility index (Phi) is 9.56. The second-order valence-electron chi connectivity index (χ2n) is 9.07. The van der Waals surface area contributed by atoms with Gasteiger partial charge in [0.15, 0.2) is 0 Å². The molecule has 0 heterocycles. The van der Waals surface area contributed by atoms with Crippen LogP contribution >= 0.6 is 0 Å². The fraction of sp³-hybridized carbons (Fsp3) is 0.429. The van der Waals surface area contributed by atoms with Gasteiger partial charge in [-0.2, -0.15) is 0 Å². The molecular weight excluding hydrogens is 428 g/mol. The molecule has 0 aromatic heterocycles. The molecule has 0 saturated heterocycles. The highest BCUT2D eigenvalue weighted by atomic mass is 16.5. The molecule has 0 unspecified atom stereocenters. The first kappa shape index (κ1) is 25.3. The number of unbranched alkanes of at least 4 members (excludes halogenated alkanes) is 2. The molecule has 6 heteroatoms. The van der Waals surface area contributed by atoms with Crippen LogP contribution in [0.3, 0.4) is 0 Å². The number of rotatable bonds is 10. The zero-order valence-electron chi connectivity index (χ0n) is 20.0. The second kappa shape index (κ2) is 12.8. The van der Waals surface area contributed by atoms with Crippen LogP contribution in [-0.2, 0) is 20.9 Å². The second-order valence-corrected chi connectivity index (χ2v) is 9.07. The van der Waals surface area contributed by atoms with E-state index in [4.69, 9.17) is 20.9 Å². The average Bonchev–Trinajstić information content (AvgIpc) is 2.84. The lowest BCUT2D eigenvalue weighted by Gasteiger charge is -2.28. The van der Waals surface area contributed by atoms with Gasteiger partial charge in [-0.3, -0.25) is 0 Å². The monoisotopic (exact) mass is 464 g/mol. The lowest BCUT2D eigenvalue weighted by molar-refractivity contribution is -0.138. The normalized spacial score (nSPS) is 18.0. The van der Waals surface area contributed by atoms with Crippen LogP contribution in [0.2, 0.25) is 0 Å². The lowest BCUT2D eigenvalue weighted by atomic mass is 9.84. The third-order valence-electron chi connectivity index (χ3n) is 6.38. The predicted octanol–water partition coefficient (Wildman–Crippen LogP) is 5.90. The minimum atomic E-state index is -0.481. The summed E-state index contributed by atoms with van der Waals surface area (Å²) >= 11 is 0. The Balaban J connectivity index is 1.42. The molecule has 4 N–H and O–H groups in total. The molecule has 6 nitrogen and oxygen atoms in total. The molecule has 1 fully saturated rings.